The molecule has 0 atom stereocenters. The van der Waals surface area contributed by atoms with Crippen LogP contribution in [0.2, 0.25) is 0 Å². The van der Waals surface area contributed by atoms with E-state index in [1.807, 2.05) is 23.9 Å². The van der Waals surface area contributed by atoms with Crippen LogP contribution in [-0.4, -0.2) is 35.2 Å². The zero-order valence-electron chi connectivity index (χ0n) is 14.6. The standard InChI is InChI=1S/C17H20N2O6S/c1-12-4-6-13(7-5-12)25-11-17(20)18-19-26(21,22)14-8-9-15(23-2)16(10-14)24-3/h4-10,19H,11H2,1-3H3,(H,18,20). The van der Waals surface area contributed by atoms with Gasteiger partial charge < -0.3 is 14.2 Å². The number of benzene rings is 2. The molecule has 0 unspecified atom stereocenters. The SMILES string of the molecule is COc1ccc(S(=O)(=O)NNC(=O)COc2ccc(C)cc2)cc1OC. The van der Waals surface area contributed by atoms with Crippen molar-refractivity contribution in [3.8, 4) is 17.2 Å². The number of methoxy groups -OCH3 is 2. The highest BCUT2D eigenvalue weighted by Crippen LogP contribution is 2.29. The Morgan fingerprint density at radius 3 is 2.27 bits per heavy atom. The van der Waals surface area contributed by atoms with Crippen molar-refractivity contribution >= 4 is 15.9 Å². The lowest BCUT2D eigenvalue weighted by molar-refractivity contribution is -0.123. The molecule has 0 aliphatic rings. The first kappa shape index (κ1) is 19.5. The van der Waals surface area contributed by atoms with Crippen LogP contribution in [0.15, 0.2) is 47.4 Å². The quantitative estimate of drug-likeness (QED) is 0.671. The van der Waals surface area contributed by atoms with Gasteiger partial charge in [0.15, 0.2) is 18.1 Å². The number of sulfonamides is 1. The Balaban J connectivity index is 1.94. The molecule has 0 saturated heterocycles. The number of hydrazine groups is 1. The van der Waals surface area contributed by atoms with Gasteiger partial charge in [0.05, 0.1) is 19.1 Å². The molecule has 9 heteroatoms. The minimum absolute atomic E-state index is 0.0881. The van der Waals surface area contributed by atoms with Gasteiger partial charge in [0.2, 0.25) is 0 Å². The number of aryl methyl sites for hydroxylation is 1. The van der Waals surface area contributed by atoms with E-state index in [0.29, 0.717) is 11.5 Å². The topological polar surface area (TPSA) is 103 Å². The van der Waals surface area contributed by atoms with Crippen molar-refractivity contribution in [2.24, 2.45) is 0 Å². The van der Waals surface area contributed by atoms with Gasteiger partial charge in [-0.25, -0.2) is 8.42 Å². The first-order valence-electron chi connectivity index (χ1n) is 7.58. The molecule has 2 aromatic carbocycles. The van der Waals surface area contributed by atoms with Gasteiger partial charge in [-0.3, -0.25) is 10.2 Å². The third kappa shape index (κ3) is 5.11. The summed E-state index contributed by atoms with van der Waals surface area (Å²) in [5.74, 6) is 0.509. The minimum Gasteiger partial charge on any atom is -0.493 e. The van der Waals surface area contributed by atoms with Gasteiger partial charge in [-0.15, -0.1) is 4.83 Å². The molecule has 0 radical (unpaired) electrons. The number of carbonyl (C=O) groups is 1. The predicted octanol–water partition coefficient (Wildman–Crippen LogP) is 1.40. The summed E-state index contributed by atoms with van der Waals surface area (Å²) in [5.41, 5.74) is 3.15. The van der Waals surface area contributed by atoms with E-state index < -0.39 is 15.9 Å². The number of nitrogens with one attached hydrogen (secondary N) is 2. The maximum Gasteiger partial charge on any atom is 0.272 e. The molecule has 2 N–H and O–H groups in total. The van der Waals surface area contributed by atoms with E-state index in [9.17, 15) is 13.2 Å². The zero-order chi connectivity index (χ0) is 19.2. The van der Waals surface area contributed by atoms with Crippen LogP contribution in [0.5, 0.6) is 17.2 Å². The number of hydrogen-bond donors (Lipinski definition) is 2. The maximum absolute atomic E-state index is 12.3. The molecule has 1 amide bonds. The lowest BCUT2D eigenvalue weighted by atomic mass is 10.2. The van der Waals surface area contributed by atoms with Gasteiger partial charge in [-0.2, -0.15) is 0 Å². The second-order valence-corrected chi connectivity index (χ2v) is 6.95. The summed E-state index contributed by atoms with van der Waals surface area (Å²) in [4.78, 5) is 13.7. The summed E-state index contributed by atoms with van der Waals surface area (Å²) in [5, 5.41) is 0. The van der Waals surface area contributed by atoms with E-state index in [1.54, 1.807) is 12.1 Å². The minimum atomic E-state index is -3.97. The van der Waals surface area contributed by atoms with E-state index in [-0.39, 0.29) is 17.3 Å². The summed E-state index contributed by atoms with van der Waals surface area (Å²) in [6.07, 6.45) is 0. The first-order valence-corrected chi connectivity index (χ1v) is 9.06. The molecule has 0 spiro atoms. The number of hydrogen-bond acceptors (Lipinski definition) is 6. The van der Waals surface area contributed by atoms with Gasteiger partial charge in [0.1, 0.15) is 5.75 Å². The summed E-state index contributed by atoms with van der Waals surface area (Å²) in [7, 11) is -1.14. The van der Waals surface area contributed by atoms with Crippen molar-refractivity contribution in [1.82, 2.24) is 10.3 Å². The highest BCUT2D eigenvalue weighted by atomic mass is 32.2. The molecule has 0 fully saturated rings. The number of amides is 1. The molecule has 2 aromatic rings. The fourth-order valence-electron chi connectivity index (χ4n) is 1.99. The van der Waals surface area contributed by atoms with Crippen LogP contribution in [-0.2, 0) is 14.8 Å². The molecule has 2 rings (SSSR count). The van der Waals surface area contributed by atoms with Crippen molar-refractivity contribution in [3.05, 3.63) is 48.0 Å². The maximum atomic E-state index is 12.3. The Morgan fingerprint density at radius 1 is 1.00 bits per heavy atom. The normalized spacial score (nSPS) is 10.9. The Bertz CT molecular complexity index is 865. The van der Waals surface area contributed by atoms with Crippen LogP contribution in [0.3, 0.4) is 0 Å². The Morgan fingerprint density at radius 2 is 1.65 bits per heavy atom. The Hall–Kier alpha value is -2.78. The van der Waals surface area contributed by atoms with Gasteiger partial charge in [-0.05, 0) is 31.2 Å². The molecule has 0 saturated carbocycles. The van der Waals surface area contributed by atoms with Crippen LogP contribution < -0.4 is 24.5 Å². The van der Waals surface area contributed by atoms with Crippen LogP contribution in [0, 0.1) is 6.92 Å². The van der Waals surface area contributed by atoms with Gasteiger partial charge in [-0.1, -0.05) is 17.7 Å². The van der Waals surface area contributed by atoms with E-state index >= 15 is 0 Å². The van der Waals surface area contributed by atoms with E-state index in [0.717, 1.165) is 5.56 Å². The molecule has 140 valence electrons. The van der Waals surface area contributed by atoms with Crippen molar-refractivity contribution in [1.29, 1.82) is 0 Å². The van der Waals surface area contributed by atoms with Crippen molar-refractivity contribution in [2.75, 3.05) is 20.8 Å². The van der Waals surface area contributed by atoms with E-state index in [1.165, 1.54) is 32.4 Å². The van der Waals surface area contributed by atoms with Crippen LogP contribution in [0.25, 0.3) is 0 Å². The van der Waals surface area contributed by atoms with Crippen LogP contribution in [0.4, 0.5) is 0 Å². The molecular weight excluding hydrogens is 360 g/mol. The summed E-state index contributed by atoms with van der Waals surface area (Å²) in [6, 6.07) is 11.2. The number of ether oxygens (including phenoxy) is 3. The fraction of sp³-hybridized carbons (Fsp3) is 0.235. The molecule has 0 heterocycles. The molecule has 0 bridgehead atoms. The van der Waals surface area contributed by atoms with Crippen LogP contribution >= 0.6 is 0 Å². The second-order valence-electron chi connectivity index (χ2n) is 5.27. The Kier molecular flexibility index (Phi) is 6.42. The van der Waals surface area contributed by atoms with Gasteiger partial charge in [0.25, 0.3) is 15.9 Å². The lowest BCUT2D eigenvalue weighted by Gasteiger charge is -2.12. The smallest absolute Gasteiger partial charge is 0.272 e. The monoisotopic (exact) mass is 380 g/mol. The third-order valence-corrected chi connectivity index (χ3v) is 4.63. The summed E-state index contributed by atoms with van der Waals surface area (Å²) < 4.78 is 39.9. The predicted molar refractivity (Wildman–Crippen MR) is 94.7 cm³/mol. The molecule has 26 heavy (non-hydrogen) atoms. The zero-order valence-corrected chi connectivity index (χ0v) is 15.4. The largest absolute Gasteiger partial charge is 0.493 e. The molecule has 0 aromatic heterocycles. The third-order valence-electron chi connectivity index (χ3n) is 3.38. The van der Waals surface area contributed by atoms with E-state index in [4.69, 9.17) is 14.2 Å². The average Bonchev–Trinajstić information content (AvgIpc) is 2.65. The molecular formula is C17H20N2O6S. The van der Waals surface area contributed by atoms with Crippen molar-refractivity contribution < 1.29 is 27.4 Å². The van der Waals surface area contributed by atoms with E-state index in [2.05, 4.69) is 5.43 Å². The molecule has 0 aliphatic carbocycles. The molecule has 8 nitrogen and oxygen atoms in total. The molecule has 0 aliphatic heterocycles. The van der Waals surface area contributed by atoms with Crippen molar-refractivity contribution in [2.45, 2.75) is 11.8 Å². The number of carbonyl (C=O) groups excluding carboxylic acids is 1. The van der Waals surface area contributed by atoms with Crippen molar-refractivity contribution in [3.63, 3.8) is 0 Å². The summed E-state index contributed by atoms with van der Waals surface area (Å²) in [6.45, 7) is 1.59. The van der Waals surface area contributed by atoms with Crippen LogP contribution in [0.1, 0.15) is 5.56 Å². The average molecular weight is 380 g/mol. The van der Waals surface area contributed by atoms with Gasteiger partial charge in [0, 0.05) is 6.07 Å². The first-order chi connectivity index (χ1) is 12.4. The lowest BCUT2D eigenvalue weighted by Crippen LogP contribution is -2.43. The second kappa shape index (κ2) is 8.54. The summed E-state index contributed by atoms with van der Waals surface area (Å²) >= 11 is 0. The highest BCUT2D eigenvalue weighted by Gasteiger charge is 2.18. The fourth-order valence-corrected chi connectivity index (χ4v) is 2.86. The Labute approximate surface area is 152 Å². The number of rotatable bonds is 8. The highest BCUT2D eigenvalue weighted by molar-refractivity contribution is 7.89. The van der Waals surface area contributed by atoms with Gasteiger partial charge >= 0.3 is 0 Å².